The maximum absolute atomic E-state index is 11.5. The van der Waals surface area contributed by atoms with Crippen LogP contribution in [0, 0.1) is 5.92 Å². The highest BCUT2D eigenvalue weighted by Gasteiger charge is 2.29. The van der Waals surface area contributed by atoms with E-state index in [-0.39, 0.29) is 5.92 Å². The average Bonchev–Trinajstić information content (AvgIpc) is 2.17. The number of nitrogens with one attached hydrogen (secondary N) is 1. The molecule has 0 aromatic rings. The molecule has 0 amide bonds. The maximum atomic E-state index is 11.5. The van der Waals surface area contributed by atoms with Crippen molar-refractivity contribution < 1.29 is 13.5 Å². The molecule has 1 unspecified atom stereocenters. The van der Waals surface area contributed by atoms with E-state index in [0.29, 0.717) is 13.1 Å². The molecule has 17 heavy (non-hydrogen) atoms. The van der Waals surface area contributed by atoms with Crippen molar-refractivity contribution in [2.24, 2.45) is 5.92 Å². The molecule has 1 atom stereocenters. The molecule has 0 aliphatic rings. The summed E-state index contributed by atoms with van der Waals surface area (Å²) in [6, 6.07) is 0. The van der Waals surface area contributed by atoms with Crippen LogP contribution in [0.4, 0.5) is 0 Å². The summed E-state index contributed by atoms with van der Waals surface area (Å²) in [6.45, 7) is 8.31. The highest BCUT2D eigenvalue weighted by Crippen LogP contribution is 2.15. The van der Waals surface area contributed by atoms with Crippen LogP contribution in [-0.2, 0) is 9.84 Å². The van der Waals surface area contributed by atoms with Crippen molar-refractivity contribution >= 4 is 9.84 Å². The molecule has 104 valence electrons. The number of sulfone groups is 1. The number of hydrogen-bond acceptors (Lipinski definition) is 4. The molecule has 0 aromatic heterocycles. The van der Waals surface area contributed by atoms with Crippen LogP contribution in [0.1, 0.15) is 40.5 Å². The third kappa shape index (κ3) is 5.36. The Hall–Kier alpha value is -0.130. The SMILES string of the molecule is CCC(CC)C(O)CNCC(C)(C)S(C)(=O)=O. The molecule has 5 heteroatoms. The van der Waals surface area contributed by atoms with Crippen LogP contribution in [0.15, 0.2) is 0 Å². The first-order chi connectivity index (χ1) is 7.65. The van der Waals surface area contributed by atoms with Crippen LogP contribution in [0.5, 0.6) is 0 Å². The minimum atomic E-state index is -3.08. The van der Waals surface area contributed by atoms with E-state index < -0.39 is 20.7 Å². The molecular formula is C12H27NO3S. The van der Waals surface area contributed by atoms with Gasteiger partial charge in [-0.15, -0.1) is 0 Å². The predicted octanol–water partition coefficient (Wildman–Crippen LogP) is 1.20. The zero-order valence-electron chi connectivity index (χ0n) is 11.7. The van der Waals surface area contributed by atoms with Crippen molar-refractivity contribution in [3.63, 3.8) is 0 Å². The van der Waals surface area contributed by atoms with Crippen molar-refractivity contribution in [2.75, 3.05) is 19.3 Å². The van der Waals surface area contributed by atoms with Gasteiger partial charge in [-0.05, 0) is 19.8 Å². The van der Waals surface area contributed by atoms with E-state index in [9.17, 15) is 13.5 Å². The molecule has 0 saturated heterocycles. The van der Waals surface area contributed by atoms with Crippen molar-refractivity contribution in [1.82, 2.24) is 5.32 Å². The molecule has 0 radical (unpaired) electrons. The van der Waals surface area contributed by atoms with E-state index in [2.05, 4.69) is 19.2 Å². The summed E-state index contributed by atoms with van der Waals surface area (Å²) in [5, 5.41) is 12.9. The molecule has 0 bridgehead atoms. The van der Waals surface area contributed by atoms with Crippen LogP contribution in [0.3, 0.4) is 0 Å². The van der Waals surface area contributed by atoms with Gasteiger partial charge >= 0.3 is 0 Å². The summed E-state index contributed by atoms with van der Waals surface area (Å²) in [7, 11) is -3.08. The zero-order valence-corrected chi connectivity index (χ0v) is 12.5. The van der Waals surface area contributed by atoms with Gasteiger partial charge < -0.3 is 10.4 Å². The highest BCUT2D eigenvalue weighted by molar-refractivity contribution is 7.92. The van der Waals surface area contributed by atoms with Gasteiger partial charge in [-0.2, -0.15) is 0 Å². The van der Waals surface area contributed by atoms with E-state index in [1.807, 2.05) is 0 Å². The lowest BCUT2D eigenvalue weighted by Gasteiger charge is -2.25. The Balaban J connectivity index is 4.16. The van der Waals surface area contributed by atoms with Gasteiger partial charge in [-0.1, -0.05) is 26.7 Å². The smallest absolute Gasteiger partial charge is 0.153 e. The van der Waals surface area contributed by atoms with Crippen LogP contribution in [0.2, 0.25) is 0 Å². The average molecular weight is 265 g/mol. The fraction of sp³-hybridized carbons (Fsp3) is 1.00. The number of hydrogen-bond donors (Lipinski definition) is 2. The fourth-order valence-corrected chi connectivity index (χ4v) is 2.02. The number of rotatable bonds is 8. The second-order valence-electron chi connectivity index (χ2n) is 5.31. The van der Waals surface area contributed by atoms with Gasteiger partial charge in [0, 0.05) is 19.3 Å². The monoisotopic (exact) mass is 265 g/mol. The third-order valence-electron chi connectivity index (χ3n) is 3.50. The van der Waals surface area contributed by atoms with Gasteiger partial charge in [0.15, 0.2) is 9.84 Å². The summed E-state index contributed by atoms with van der Waals surface area (Å²) < 4.78 is 22.2. The second kappa shape index (κ2) is 6.71. The van der Waals surface area contributed by atoms with Crippen LogP contribution in [0.25, 0.3) is 0 Å². The molecule has 0 fully saturated rings. The van der Waals surface area contributed by atoms with Gasteiger partial charge in [0.1, 0.15) is 0 Å². The standard InChI is InChI=1S/C12H27NO3S/c1-6-10(7-2)11(14)8-13-9-12(3,4)17(5,15)16/h10-11,13-14H,6-9H2,1-5H3. The summed E-state index contributed by atoms with van der Waals surface area (Å²) in [5.74, 6) is 0.281. The maximum Gasteiger partial charge on any atom is 0.153 e. The van der Waals surface area contributed by atoms with E-state index >= 15 is 0 Å². The van der Waals surface area contributed by atoms with Gasteiger partial charge in [0.05, 0.1) is 10.9 Å². The minimum absolute atomic E-state index is 0.281. The van der Waals surface area contributed by atoms with Crippen molar-refractivity contribution in [2.45, 2.75) is 51.4 Å². The predicted molar refractivity (Wildman–Crippen MR) is 71.9 cm³/mol. The van der Waals surface area contributed by atoms with Crippen LogP contribution in [-0.4, -0.2) is 43.7 Å². The summed E-state index contributed by atoms with van der Waals surface area (Å²) in [6.07, 6.45) is 2.72. The third-order valence-corrected chi connectivity index (χ3v) is 5.65. The number of aliphatic hydroxyl groups excluding tert-OH is 1. The molecule has 0 aliphatic heterocycles. The quantitative estimate of drug-likeness (QED) is 0.692. The van der Waals surface area contributed by atoms with Crippen molar-refractivity contribution in [3.05, 3.63) is 0 Å². The molecule has 0 saturated carbocycles. The highest BCUT2D eigenvalue weighted by atomic mass is 32.2. The van der Waals surface area contributed by atoms with E-state index in [1.54, 1.807) is 13.8 Å². The topological polar surface area (TPSA) is 66.4 Å². The lowest BCUT2D eigenvalue weighted by atomic mass is 9.96. The minimum Gasteiger partial charge on any atom is -0.392 e. The molecule has 0 spiro atoms. The first kappa shape index (κ1) is 16.9. The Morgan fingerprint density at radius 3 is 2.06 bits per heavy atom. The molecular weight excluding hydrogens is 238 g/mol. The Morgan fingerprint density at radius 2 is 1.71 bits per heavy atom. The van der Waals surface area contributed by atoms with Gasteiger partial charge in [0.25, 0.3) is 0 Å². The Labute approximate surface area is 106 Å². The van der Waals surface area contributed by atoms with Gasteiger partial charge in [0.2, 0.25) is 0 Å². The summed E-state index contributed by atoms with van der Waals surface area (Å²) in [5.41, 5.74) is 0. The Kier molecular flexibility index (Phi) is 6.66. The molecule has 0 rings (SSSR count). The Morgan fingerprint density at radius 1 is 1.24 bits per heavy atom. The van der Waals surface area contributed by atoms with E-state index in [0.717, 1.165) is 12.8 Å². The zero-order chi connectivity index (χ0) is 13.7. The van der Waals surface area contributed by atoms with E-state index in [1.165, 1.54) is 6.26 Å². The second-order valence-corrected chi connectivity index (χ2v) is 7.96. The molecule has 0 heterocycles. The van der Waals surface area contributed by atoms with E-state index in [4.69, 9.17) is 0 Å². The van der Waals surface area contributed by atoms with Crippen LogP contribution >= 0.6 is 0 Å². The molecule has 4 nitrogen and oxygen atoms in total. The van der Waals surface area contributed by atoms with Crippen molar-refractivity contribution in [1.29, 1.82) is 0 Å². The molecule has 0 aromatic carbocycles. The largest absolute Gasteiger partial charge is 0.392 e. The lowest BCUT2D eigenvalue weighted by molar-refractivity contribution is 0.101. The first-order valence-corrected chi connectivity index (χ1v) is 8.13. The normalized spacial score (nSPS) is 15.2. The summed E-state index contributed by atoms with van der Waals surface area (Å²) in [4.78, 5) is 0. The van der Waals surface area contributed by atoms with Gasteiger partial charge in [-0.3, -0.25) is 0 Å². The first-order valence-electron chi connectivity index (χ1n) is 6.24. The lowest BCUT2D eigenvalue weighted by Crippen LogP contribution is -2.44. The van der Waals surface area contributed by atoms with Crippen molar-refractivity contribution in [3.8, 4) is 0 Å². The van der Waals surface area contributed by atoms with Gasteiger partial charge in [-0.25, -0.2) is 8.42 Å². The summed E-state index contributed by atoms with van der Waals surface area (Å²) >= 11 is 0. The fourth-order valence-electron chi connectivity index (χ4n) is 1.65. The molecule has 2 N–H and O–H groups in total. The molecule has 0 aliphatic carbocycles. The number of aliphatic hydroxyl groups is 1. The Bertz CT molecular complexity index is 308. The van der Waals surface area contributed by atoms with Crippen LogP contribution < -0.4 is 5.32 Å².